The number of rotatable bonds is 5. The maximum absolute atomic E-state index is 15.6. The second-order valence-corrected chi connectivity index (χ2v) is 12.1. The van der Waals surface area contributed by atoms with Gasteiger partial charge in [0, 0.05) is 47.0 Å². The van der Waals surface area contributed by atoms with E-state index in [1.807, 2.05) is 54.6 Å². The standard InChI is InChI=1S/C25H26BrClN3O2P/c26-24-19-20(27)11-12-23(24)25(28-15-17-32-18-16-28)33(31)29(21-7-3-1-4-8-21)13-14-30(33)22-9-5-2-6-10-22/h1-12,19,25H,13-18H2. The largest absolute Gasteiger partial charge is 0.379 e. The second kappa shape index (κ2) is 9.81. The lowest BCUT2D eigenvalue weighted by molar-refractivity contribution is 0.0302. The van der Waals surface area contributed by atoms with Gasteiger partial charge in [0.05, 0.1) is 13.2 Å². The minimum absolute atomic E-state index is 0.351. The molecule has 2 aliphatic heterocycles. The number of para-hydroxylation sites is 2. The zero-order valence-electron chi connectivity index (χ0n) is 18.2. The van der Waals surface area contributed by atoms with Crippen molar-refractivity contribution in [2.75, 3.05) is 48.7 Å². The highest BCUT2D eigenvalue weighted by atomic mass is 79.9. The predicted octanol–water partition coefficient (Wildman–Crippen LogP) is 6.65. The van der Waals surface area contributed by atoms with Crippen LogP contribution in [0.15, 0.2) is 83.3 Å². The van der Waals surface area contributed by atoms with Gasteiger partial charge in [-0.05, 0) is 42.0 Å². The monoisotopic (exact) mass is 545 g/mol. The Morgan fingerprint density at radius 1 is 0.818 bits per heavy atom. The van der Waals surface area contributed by atoms with Gasteiger partial charge in [0.2, 0.25) is 0 Å². The number of benzene rings is 3. The molecule has 0 amide bonds. The van der Waals surface area contributed by atoms with Crippen LogP contribution in [0.5, 0.6) is 0 Å². The Bertz CT molecular complexity index is 1090. The summed E-state index contributed by atoms with van der Waals surface area (Å²) in [4.78, 5) is 2.31. The Balaban J connectivity index is 1.71. The highest BCUT2D eigenvalue weighted by Gasteiger charge is 2.52. The van der Waals surface area contributed by atoms with E-state index in [0.717, 1.165) is 34.5 Å². The molecule has 2 fully saturated rings. The van der Waals surface area contributed by atoms with Crippen molar-refractivity contribution in [3.63, 3.8) is 0 Å². The Labute approximate surface area is 208 Å². The Hall–Kier alpha value is -1.82. The van der Waals surface area contributed by atoms with Crippen LogP contribution in [0.25, 0.3) is 0 Å². The molecule has 3 aromatic rings. The van der Waals surface area contributed by atoms with Crippen LogP contribution < -0.4 is 9.34 Å². The molecule has 33 heavy (non-hydrogen) atoms. The van der Waals surface area contributed by atoms with E-state index in [-0.39, 0.29) is 5.78 Å². The van der Waals surface area contributed by atoms with E-state index in [4.69, 9.17) is 16.3 Å². The van der Waals surface area contributed by atoms with Crippen LogP contribution in [0.3, 0.4) is 0 Å². The molecular formula is C25H26BrClN3O2P. The van der Waals surface area contributed by atoms with E-state index in [1.54, 1.807) is 0 Å². The molecule has 0 saturated carbocycles. The quantitative estimate of drug-likeness (QED) is 0.335. The predicted molar refractivity (Wildman–Crippen MR) is 139 cm³/mol. The van der Waals surface area contributed by atoms with Crippen LogP contribution in [0, 0.1) is 0 Å². The molecular weight excluding hydrogens is 521 g/mol. The zero-order valence-corrected chi connectivity index (χ0v) is 21.4. The van der Waals surface area contributed by atoms with Gasteiger partial charge in [-0.25, -0.2) is 0 Å². The highest BCUT2D eigenvalue weighted by molar-refractivity contribution is 9.10. The summed E-state index contributed by atoms with van der Waals surface area (Å²) in [6.45, 7) is 4.05. The molecule has 0 bridgehead atoms. The number of halogens is 2. The van der Waals surface area contributed by atoms with Crippen LogP contribution in [0.1, 0.15) is 11.3 Å². The summed E-state index contributed by atoms with van der Waals surface area (Å²) < 4.78 is 26.4. The number of ether oxygens (including phenoxy) is 1. The summed E-state index contributed by atoms with van der Waals surface area (Å²) in [6, 6.07) is 26.0. The van der Waals surface area contributed by atoms with Crippen LogP contribution in [0.4, 0.5) is 11.4 Å². The van der Waals surface area contributed by atoms with E-state index in [1.165, 1.54) is 0 Å². The lowest BCUT2D eigenvalue weighted by atomic mass is 10.2. The van der Waals surface area contributed by atoms with Crippen LogP contribution in [0.2, 0.25) is 5.02 Å². The molecule has 0 N–H and O–H groups in total. The normalized spacial score (nSPS) is 19.6. The van der Waals surface area contributed by atoms with Crippen LogP contribution in [-0.2, 0) is 9.30 Å². The molecule has 2 heterocycles. The highest BCUT2D eigenvalue weighted by Crippen LogP contribution is 2.70. The number of anilines is 2. The summed E-state index contributed by atoms with van der Waals surface area (Å²) in [5.74, 6) is -0.351. The SMILES string of the molecule is O=P1(C(c2ccc(Cl)cc2Br)N2CCOCC2)N(c2ccccc2)CCN1c1ccccc1. The van der Waals surface area contributed by atoms with Gasteiger partial charge in [0.15, 0.2) is 0 Å². The summed E-state index contributed by atoms with van der Waals surface area (Å²) in [5, 5.41) is 0.649. The molecule has 2 saturated heterocycles. The van der Waals surface area contributed by atoms with Crippen molar-refractivity contribution in [2.45, 2.75) is 5.78 Å². The minimum atomic E-state index is -3.21. The van der Waals surface area contributed by atoms with Crippen molar-refractivity contribution in [1.82, 2.24) is 4.90 Å². The molecule has 8 heteroatoms. The van der Waals surface area contributed by atoms with Crippen molar-refractivity contribution in [3.05, 3.63) is 93.9 Å². The molecule has 0 aliphatic carbocycles. The first-order valence-electron chi connectivity index (χ1n) is 11.1. The van der Waals surface area contributed by atoms with E-state index in [9.17, 15) is 0 Å². The topological polar surface area (TPSA) is 36.0 Å². The van der Waals surface area contributed by atoms with E-state index < -0.39 is 7.44 Å². The van der Waals surface area contributed by atoms with E-state index >= 15 is 4.57 Å². The van der Waals surface area contributed by atoms with Gasteiger partial charge >= 0.3 is 0 Å². The van der Waals surface area contributed by atoms with Gasteiger partial charge in [-0.1, -0.05) is 70.0 Å². The summed E-state index contributed by atoms with van der Waals surface area (Å²) in [6.07, 6.45) is 0. The van der Waals surface area contributed by atoms with Crippen molar-refractivity contribution in [1.29, 1.82) is 0 Å². The fourth-order valence-electron chi connectivity index (χ4n) is 4.78. The van der Waals surface area contributed by atoms with Gasteiger partial charge in [0.25, 0.3) is 7.44 Å². The Morgan fingerprint density at radius 3 is 1.88 bits per heavy atom. The van der Waals surface area contributed by atoms with E-state index in [2.05, 4.69) is 54.4 Å². The third-order valence-corrected chi connectivity index (χ3v) is 10.7. The first-order valence-corrected chi connectivity index (χ1v) is 14.0. The van der Waals surface area contributed by atoms with Gasteiger partial charge in [-0.3, -0.25) is 9.46 Å². The number of hydrogen-bond acceptors (Lipinski definition) is 3. The van der Waals surface area contributed by atoms with Crippen molar-refractivity contribution in [3.8, 4) is 0 Å². The molecule has 1 atom stereocenters. The van der Waals surface area contributed by atoms with Crippen LogP contribution in [-0.4, -0.2) is 44.3 Å². The van der Waals surface area contributed by atoms with E-state index in [0.29, 0.717) is 31.3 Å². The summed E-state index contributed by atoms with van der Waals surface area (Å²) in [5.41, 5.74) is 2.93. The second-order valence-electron chi connectivity index (χ2n) is 8.19. The summed E-state index contributed by atoms with van der Waals surface area (Å²) in [7, 11) is -3.21. The van der Waals surface area contributed by atoms with Crippen molar-refractivity contribution < 1.29 is 9.30 Å². The van der Waals surface area contributed by atoms with Gasteiger partial charge in [-0.15, -0.1) is 0 Å². The number of morpholine rings is 1. The van der Waals surface area contributed by atoms with Crippen molar-refractivity contribution in [2.24, 2.45) is 0 Å². The van der Waals surface area contributed by atoms with Gasteiger partial charge in [-0.2, -0.15) is 0 Å². The molecule has 0 radical (unpaired) electrons. The Kier molecular flexibility index (Phi) is 6.82. The third kappa shape index (κ3) is 4.36. The Morgan fingerprint density at radius 2 is 1.36 bits per heavy atom. The maximum atomic E-state index is 15.6. The molecule has 1 unspecified atom stereocenters. The first-order chi connectivity index (χ1) is 16.1. The molecule has 0 aromatic heterocycles. The fraction of sp³-hybridized carbons (Fsp3) is 0.280. The number of nitrogens with zero attached hydrogens (tertiary/aromatic N) is 3. The average molecular weight is 547 g/mol. The molecule has 5 rings (SSSR count). The fourth-order valence-corrected chi connectivity index (χ4v) is 9.57. The lowest BCUT2D eigenvalue weighted by Crippen LogP contribution is -2.42. The van der Waals surface area contributed by atoms with Gasteiger partial charge < -0.3 is 14.1 Å². The molecule has 5 nitrogen and oxygen atoms in total. The average Bonchev–Trinajstić information content (AvgIpc) is 3.20. The molecule has 2 aliphatic rings. The van der Waals surface area contributed by atoms with Gasteiger partial charge in [0.1, 0.15) is 5.78 Å². The molecule has 3 aromatic carbocycles. The van der Waals surface area contributed by atoms with Crippen molar-refractivity contribution >= 4 is 46.3 Å². The minimum Gasteiger partial charge on any atom is -0.379 e. The first kappa shape index (κ1) is 22.9. The maximum Gasteiger partial charge on any atom is 0.284 e. The zero-order chi connectivity index (χ0) is 22.8. The summed E-state index contributed by atoms with van der Waals surface area (Å²) >= 11 is 10.0. The smallest absolute Gasteiger partial charge is 0.284 e. The lowest BCUT2D eigenvalue weighted by Gasteiger charge is -2.44. The molecule has 0 spiro atoms. The van der Waals surface area contributed by atoms with Crippen LogP contribution >= 0.6 is 35.0 Å². The molecule has 172 valence electrons. The number of hydrogen-bond donors (Lipinski definition) is 0. The third-order valence-electron chi connectivity index (χ3n) is 6.27.